The van der Waals surface area contributed by atoms with Crippen LogP contribution in [0.4, 0.5) is 0 Å². The predicted octanol–water partition coefficient (Wildman–Crippen LogP) is -1.88. The third-order valence-corrected chi connectivity index (χ3v) is 5.27. The number of aryl methyl sites for hydroxylation is 1. The van der Waals surface area contributed by atoms with Gasteiger partial charge >= 0.3 is 35.5 Å². The molecule has 124 valence electrons. The van der Waals surface area contributed by atoms with Gasteiger partial charge in [0.2, 0.25) is 11.3 Å². The topological polar surface area (TPSA) is 123 Å². The van der Waals surface area contributed by atoms with Crippen LogP contribution in [0.1, 0.15) is 38.3 Å². The quantitative estimate of drug-likeness (QED) is 0.381. The van der Waals surface area contributed by atoms with Crippen molar-refractivity contribution in [3.63, 3.8) is 0 Å². The molecule has 0 bridgehead atoms. The van der Waals surface area contributed by atoms with Gasteiger partial charge in [-0.3, -0.25) is 14.4 Å². The van der Waals surface area contributed by atoms with E-state index in [0.717, 1.165) is 5.69 Å². The molecular formula is C15H18N3NaO4S. The second kappa shape index (κ2) is 7.74. The van der Waals surface area contributed by atoms with Crippen LogP contribution in [0.15, 0.2) is 5.38 Å². The van der Waals surface area contributed by atoms with E-state index in [-0.39, 0.29) is 56.9 Å². The third-order valence-electron chi connectivity index (χ3n) is 4.11. The van der Waals surface area contributed by atoms with E-state index in [1.807, 2.05) is 0 Å². The molecular weight excluding hydrogens is 341 g/mol. The summed E-state index contributed by atoms with van der Waals surface area (Å²) in [6.45, 7) is 3.37. The monoisotopic (exact) mass is 359 g/mol. The Labute approximate surface area is 167 Å². The third kappa shape index (κ3) is 3.26. The van der Waals surface area contributed by atoms with Crippen molar-refractivity contribution in [3.05, 3.63) is 16.1 Å². The fourth-order valence-electron chi connectivity index (χ4n) is 2.84. The zero-order chi connectivity index (χ0) is 17.3. The van der Waals surface area contributed by atoms with Gasteiger partial charge in [0.1, 0.15) is 10.4 Å². The van der Waals surface area contributed by atoms with Crippen LogP contribution in [0.3, 0.4) is 0 Å². The average Bonchev–Trinajstić information content (AvgIpc) is 2.95. The maximum Gasteiger partial charge on any atom is 1.00 e. The van der Waals surface area contributed by atoms with Crippen LogP contribution in [-0.2, 0) is 24.5 Å². The van der Waals surface area contributed by atoms with E-state index in [9.17, 15) is 19.6 Å². The summed E-state index contributed by atoms with van der Waals surface area (Å²) in [4.78, 5) is 41.1. The minimum atomic E-state index is -2.12. The van der Waals surface area contributed by atoms with Crippen LogP contribution >= 0.6 is 11.3 Å². The van der Waals surface area contributed by atoms with Gasteiger partial charge in [-0.1, -0.05) is 0 Å². The van der Waals surface area contributed by atoms with Gasteiger partial charge in [0.15, 0.2) is 5.78 Å². The molecule has 0 saturated heterocycles. The first kappa shape index (κ1) is 20.8. The number of carbonyl (C=O) groups is 3. The number of nitriles is 1. The fourth-order valence-corrected chi connectivity index (χ4v) is 3.82. The Hall–Kier alpha value is -1.27. The first-order valence-electron chi connectivity index (χ1n) is 7.16. The molecule has 2 N–H and O–H groups in total. The molecule has 0 aliphatic heterocycles. The Kier molecular flexibility index (Phi) is 6.70. The van der Waals surface area contributed by atoms with Crippen molar-refractivity contribution in [1.82, 2.24) is 4.98 Å². The molecule has 2 unspecified atom stereocenters. The molecule has 7 nitrogen and oxygen atoms in total. The molecule has 1 aromatic heterocycles. The first-order valence-corrected chi connectivity index (χ1v) is 8.04. The summed E-state index contributed by atoms with van der Waals surface area (Å²) in [6, 6.07) is 2.15. The van der Waals surface area contributed by atoms with Crippen molar-refractivity contribution in [1.29, 1.82) is 5.26 Å². The maximum absolute atomic E-state index is 12.4. The molecule has 9 heteroatoms. The van der Waals surface area contributed by atoms with Gasteiger partial charge in [-0.2, -0.15) is 5.26 Å². The average molecular weight is 359 g/mol. The van der Waals surface area contributed by atoms with E-state index < -0.39 is 28.5 Å². The zero-order valence-electron chi connectivity index (χ0n) is 14.9. The minimum Gasteiger partial charge on any atom is -1.00 e. The van der Waals surface area contributed by atoms with Gasteiger partial charge < -0.3 is 11.9 Å². The molecule has 0 aromatic carbocycles. The number of hydrogen-bond acceptors (Lipinski definition) is 7. The molecule has 1 amide bonds. The first-order chi connectivity index (χ1) is 10.8. The summed E-state index contributed by atoms with van der Waals surface area (Å²) in [5.41, 5.74) is 2.81. The number of esters is 1. The number of Topliss-reactive ketones (excluding diaryl/α,β-unsaturated/α-hetero) is 1. The maximum atomic E-state index is 12.4. The number of nitrogens with zero attached hydrogens (tertiary/aromatic N) is 2. The summed E-state index contributed by atoms with van der Waals surface area (Å²) in [5, 5.41) is 12.0. The molecule has 1 aromatic rings. The number of rotatable bonds is 4. The summed E-state index contributed by atoms with van der Waals surface area (Å²) in [5.74, 6) is -2.65. The SMILES string of the molecule is CCOC(=O)C1(C(N)=O)CC(C#N)(c2nc(C)cs2)CCC1=O.[H-].[Na+]. The van der Waals surface area contributed by atoms with Crippen LogP contribution in [0.5, 0.6) is 0 Å². The van der Waals surface area contributed by atoms with Crippen molar-refractivity contribution in [2.24, 2.45) is 11.1 Å². The zero-order valence-corrected chi connectivity index (χ0v) is 16.7. The van der Waals surface area contributed by atoms with E-state index in [4.69, 9.17) is 10.5 Å². The summed E-state index contributed by atoms with van der Waals surface area (Å²) in [6.07, 6.45) is -0.228. The number of hydrogen-bond donors (Lipinski definition) is 1. The van der Waals surface area contributed by atoms with Crippen LogP contribution < -0.4 is 35.3 Å². The number of ether oxygens (including phenoxy) is 1. The van der Waals surface area contributed by atoms with Gasteiger partial charge in [-0.15, -0.1) is 11.3 Å². The van der Waals surface area contributed by atoms with E-state index in [1.54, 1.807) is 19.2 Å². The van der Waals surface area contributed by atoms with Crippen LogP contribution in [0.25, 0.3) is 0 Å². The molecule has 2 rings (SSSR count). The van der Waals surface area contributed by atoms with Crippen LogP contribution in [-0.4, -0.2) is 29.3 Å². The molecule has 1 fully saturated rings. The van der Waals surface area contributed by atoms with Crippen molar-refractivity contribution >= 4 is 29.0 Å². The number of aromatic nitrogens is 1. The Morgan fingerprint density at radius 3 is 2.71 bits per heavy atom. The van der Waals surface area contributed by atoms with Gasteiger partial charge in [0, 0.05) is 23.9 Å². The largest absolute Gasteiger partial charge is 1.00 e. The summed E-state index contributed by atoms with van der Waals surface area (Å²) in [7, 11) is 0. The summed E-state index contributed by atoms with van der Waals surface area (Å²) >= 11 is 1.27. The van der Waals surface area contributed by atoms with Crippen molar-refractivity contribution in [2.75, 3.05) is 6.61 Å². The molecule has 1 saturated carbocycles. The predicted molar refractivity (Wildman–Crippen MR) is 82.4 cm³/mol. The smallest absolute Gasteiger partial charge is 1.00 e. The molecule has 1 aliphatic carbocycles. The van der Waals surface area contributed by atoms with Crippen LogP contribution in [0, 0.1) is 23.7 Å². The second-order valence-electron chi connectivity index (χ2n) is 5.58. The number of nitrogens with two attached hydrogens (primary N) is 1. The standard InChI is InChI=1S/C15H17N3O4S.Na.H/c1-3-22-13(21)15(11(17)20)7-14(8-16,5-4-10(15)19)12-18-9(2)6-23-12;;/h6H,3-5,7H2,1-2H3,(H2,17,20);;/q;+1;-1. The van der Waals surface area contributed by atoms with E-state index in [1.165, 1.54) is 11.3 Å². The molecule has 1 aliphatic rings. The molecule has 1 heterocycles. The summed E-state index contributed by atoms with van der Waals surface area (Å²) < 4.78 is 4.91. The van der Waals surface area contributed by atoms with Crippen molar-refractivity contribution < 1.29 is 50.1 Å². The van der Waals surface area contributed by atoms with E-state index in [0.29, 0.717) is 5.01 Å². The Balaban J connectivity index is 0.00000288. The van der Waals surface area contributed by atoms with Crippen LogP contribution in [0.2, 0.25) is 0 Å². The van der Waals surface area contributed by atoms with E-state index in [2.05, 4.69) is 11.1 Å². The number of amides is 1. The Morgan fingerprint density at radius 1 is 1.58 bits per heavy atom. The normalized spacial score (nSPS) is 26.1. The fraction of sp³-hybridized carbons (Fsp3) is 0.533. The molecule has 2 atom stereocenters. The Bertz CT molecular complexity index is 720. The molecule has 24 heavy (non-hydrogen) atoms. The second-order valence-corrected chi connectivity index (χ2v) is 6.44. The van der Waals surface area contributed by atoms with Gasteiger partial charge in [0.05, 0.1) is 12.7 Å². The van der Waals surface area contributed by atoms with E-state index >= 15 is 0 Å². The molecule has 0 radical (unpaired) electrons. The van der Waals surface area contributed by atoms with Gasteiger partial charge in [0.25, 0.3) is 0 Å². The van der Waals surface area contributed by atoms with Gasteiger partial charge in [-0.25, -0.2) is 4.98 Å². The van der Waals surface area contributed by atoms with Gasteiger partial charge in [-0.05, 0) is 20.3 Å². The number of thiazole rings is 1. The van der Waals surface area contributed by atoms with Crippen molar-refractivity contribution in [2.45, 2.75) is 38.5 Å². The number of primary amides is 1. The minimum absolute atomic E-state index is 0. The molecule has 0 spiro atoms. The Morgan fingerprint density at radius 2 is 2.25 bits per heavy atom. The van der Waals surface area contributed by atoms with Crippen molar-refractivity contribution in [3.8, 4) is 6.07 Å². The number of carbonyl (C=O) groups excluding carboxylic acids is 3. The number of ketones is 1.